The predicted octanol–water partition coefficient (Wildman–Crippen LogP) is 1.64. The van der Waals surface area contributed by atoms with Crippen LogP contribution in [0.5, 0.6) is 0 Å². The van der Waals surface area contributed by atoms with Crippen molar-refractivity contribution in [2.75, 3.05) is 6.61 Å². The molecular formula is C9H16O2. The van der Waals surface area contributed by atoms with Crippen molar-refractivity contribution < 1.29 is 9.53 Å². The molecule has 2 unspecified atom stereocenters. The van der Waals surface area contributed by atoms with Crippen LogP contribution >= 0.6 is 0 Å². The van der Waals surface area contributed by atoms with Crippen molar-refractivity contribution in [1.82, 2.24) is 0 Å². The summed E-state index contributed by atoms with van der Waals surface area (Å²) in [5, 5.41) is 0. The van der Waals surface area contributed by atoms with E-state index in [4.69, 9.17) is 4.74 Å². The fourth-order valence-electron chi connectivity index (χ4n) is 1.63. The lowest BCUT2D eigenvalue weighted by Crippen LogP contribution is -2.51. The number of ether oxygens (including phenoxy) is 1. The van der Waals surface area contributed by atoms with Gasteiger partial charge in [-0.05, 0) is 13.3 Å². The van der Waals surface area contributed by atoms with E-state index in [0.717, 1.165) is 19.3 Å². The first-order valence-electron chi connectivity index (χ1n) is 4.19. The zero-order valence-corrected chi connectivity index (χ0v) is 7.46. The molecule has 2 heteroatoms. The van der Waals surface area contributed by atoms with Crippen LogP contribution in [0.2, 0.25) is 0 Å². The van der Waals surface area contributed by atoms with Crippen molar-refractivity contribution in [3.63, 3.8) is 0 Å². The van der Waals surface area contributed by atoms with E-state index in [1.54, 1.807) is 0 Å². The fourth-order valence-corrected chi connectivity index (χ4v) is 1.63. The molecule has 1 rings (SSSR count). The fraction of sp³-hybridized carbons (Fsp3) is 0.889. The summed E-state index contributed by atoms with van der Waals surface area (Å²) in [5.41, 5.74) is 0.0672. The average Bonchev–Trinajstić information content (AvgIpc) is 1.97. The second-order valence-corrected chi connectivity index (χ2v) is 3.74. The van der Waals surface area contributed by atoms with Gasteiger partial charge >= 0.3 is 0 Å². The maximum absolute atomic E-state index is 10.5. The second-order valence-electron chi connectivity index (χ2n) is 3.74. The highest BCUT2D eigenvalue weighted by Gasteiger charge is 2.48. The summed E-state index contributed by atoms with van der Waals surface area (Å²) >= 11 is 0. The molecule has 0 amide bonds. The van der Waals surface area contributed by atoms with E-state index in [9.17, 15) is 4.79 Å². The highest BCUT2D eigenvalue weighted by atomic mass is 16.5. The third-order valence-corrected chi connectivity index (χ3v) is 2.79. The molecule has 1 aliphatic rings. The Morgan fingerprint density at radius 2 is 2.27 bits per heavy atom. The van der Waals surface area contributed by atoms with Crippen LogP contribution in [-0.2, 0) is 9.53 Å². The molecule has 11 heavy (non-hydrogen) atoms. The largest absolute Gasteiger partial charge is 0.378 e. The highest BCUT2D eigenvalue weighted by molar-refractivity contribution is 5.57. The standard InChI is InChI=1S/C9H16O2/c1-4-11-8-5-7(6-10)9(8,2)3/h6-8H,4-5H2,1-3H3. The SMILES string of the molecule is CCOC1CC(C=O)C1(C)C. The number of carbonyl (C=O) groups excluding carboxylic acids is 1. The van der Waals surface area contributed by atoms with E-state index in [1.807, 2.05) is 6.92 Å². The Bertz CT molecular complexity index is 152. The van der Waals surface area contributed by atoms with Crippen LogP contribution in [-0.4, -0.2) is 19.0 Å². The van der Waals surface area contributed by atoms with Gasteiger partial charge in [-0.1, -0.05) is 13.8 Å². The number of carbonyl (C=O) groups is 1. The molecule has 0 bridgehead atoms. The second kappa shape index (κ2) is 2.94. The van der Waals surface area contributed by atoms with Crippen molar-refractivity contribution in [3.8, 4) is 0 Å². The first kappa shape index (κ1) is 8.72. The van der Waals surface area contributed by atoms with Gasteiger partial charge < -0.3 is 9.53 Å². The van der Waals surface area contributed by atoms with Crippen molar-refractivity contribution in [3.05, 3.63) is 0 Å². The molecular weight excluding hydrogens is 140 g/mol. The van der Waals surface area contributed by atoms with E-state index >= 15 is 0 Å². The van der Waals surface area contributed by atoms with E-state index in [2.05, 4.69) is 13.8 Å². The molecule has 1 aliphatic carbocycles. The summed E-state index contributed by atoms with van der Waals surface area (Å²) in [7, 11) is 0. The minimum Gasteiger partial charge on any atom is -0.378 e. The Morgan fingerprint density at radius 1 is 1.64 bits per heavy atom. The van der Waals surface area contributed by atoms with E-state index < -0.39 is 0 Å². The molecule has 1 saturated carbocycles. The molecule has 0 aromatic heterocycles. The van der Waals surface area contributed by atoms with Crippen LogP contribution in [0.1, 0.15) is 27.2 Å². The van der Waals surface area contributed by atoms with E-state index in [0.29, 0.717) is 6.10 Å². The van der Waals surface area contributed by atoms with Gasteiger partial charge in [0.15, 0.2) is 0 Å². The van der Waals surface area contributed by atoms with Gasteiger partial charge in [0.05, 0.1) is 6.10 Å². The molecule has 64 valence electrons. The van der Waals surface area contributed by atoms with Crippen molar-refractivity contribution in [2.24, 2.45) is 11.3 Å². The molecule has 0 radical (unpaired) electrons. The topological polar surface area (TPSA) is 26.3 Å². The van der Waals surface area contributed by atoms with Crippen LogP contribution in [0, 0.1) is 11.3 Å². The van der Waals surface area contributed by atoms with Crippen molar-refractivity contribution >= 4 is 6.29 Å². The highest BCUT2D eigenvalue weighted by Crippen LogP contribution is 2.46. The lowest BCUT2D eigenvalue weighted by Gasteiger charge is -2.48. The molecule has 2 atom stereocenters. The molecule has 0 N–H and O–H groups in total. The molecule has 0 aliphatic heterocycles. The van der Waals surface area contributed by atoms with Gasteiger partial charge in [-0.15, -0.1) is 0 Å². The van der Waals surface area contributed by atoms with Crippen LogP contribution in [0.25, 0.3) is 0 Å². The normalized spacial score (nSPS) is 34.5. The van der Waals surface area contributed by atoms with Crippen molar-refractivity contribution in [2.45, 2.75) is 33.3 Å². The average molecular weight is 156 g/mol. The Kier molecular flexibility index (Phi) is 2.33. The lowest BCUT2D eigenvalue weighted by molar-refractivity contribution is -0.150. The van der Waals surface area contributed by atoms with Gasteiger partial charge in [-0.2, -0.15) is 0 Å². The Labute approximate surface area is 67.9 Å². The van der Waals surface area contributed by atoms with Gasteiger partial charge in [0.25, 0.3) is 0 Å². The zero-order chi connectivity index (χ0) is 8.48. The predicted molar refractivity (Wildman–Crippen MR) is 43.4 cm³/mol. The summed E-state index contributed by atoms with van der Waals surface area (Å²) in [6.45, 7) is 6.93. The molecule has 0 saturated heterocycles. The third-order valence-electron chi connectivity index (χ3n) is 2.79. The summed E-state index contributed by atoms with van der Waals surface area (Å²) in [5.74, 6) is 0.207. The maximum Gasteiger partial charge on any atom is 0.123 e. The maximum atomic E-state index is 10.5. The van der Waals surface area contributed by atoms with Crippen molar-refractivity contribution in [1.29, 1.82) is 0 Å². The number of hydrogen-bond donors (Lipinski definition) is 0. The Balaban J connectivity index is 2.46. The summed E-state index contributed by atoms with van der Waals surface area (Å²) in [6.07, 6.45) is 2.25. The van der Waals surface area contributed by atoms with Crippen LogP contribution in [0.15, 0.2) is 0 Å². The minimum absolute atomic E-state index is 0.0672. The van der Waals surface area contributed by atoms with E-state index in [1.165, 1.54) is 0 Å². The van der Waals surface area contributed by atoms with Gasteiger partial charge in [-0.3, -0.25) is 0 Å². The van der Waals surface area contributed by atoms with Gasteiger partial charge in [0.1, 0.15) is 6.29 Å². The van der Waals surface area contributed by atoms with Crippen LogP contribution in [0.4, 0.5) is 0 Å². The van der Waals surface area contributed by atoms with Gasteiger partial charge in [0.2, 0.25) is 0 Å². The molecule has 2 nitrogen and oxygen atoms in total. The number of hydrogen-bond acceptors (Lipinski definition) is 2. The van der Waals surface area contributed by atoms with Crippen LogP contribution < -0.4 is 0 Å². The van der Waals surface area contributed by atoms with Gasteiger partial charge in [0, 0.05) is 17.9 Å². The Hall–Kier alpha value is -0.370. The molecule has 0 heterocycles. The molecule has 0 aromatic rings. The zero-order valence-electron chi connectivity index (χ0n) is 7.46. The molecule has 0 aromatic carbocycles. The first-order chi connectivity index (χ1) is 5.12. The Morgan fingerprint density at radius 3 is 2.64 bits per heavy atom. The monoisotopic (exact) mass is 156 g/mol. The first-order valence-corrected chi connectivity index (χ1v) is 4.19. The smallest absolute Gasteiger partial charge is 0.123 e. The van der Waals surface area contributed by atoms with Gasteiger partial charge in [-0.25, -0.2) is 0 Å². The summed E-state index contributed by atoms with van der Waals surface area (Å²) < 4.78 is 5.47. The number of aldehydes is 1. The quantitative estimate of drug-likeness (QED) is 0.580. The minimum atomic E-state index is 0.0672. The summed E-state index contributed by atoms with van der Waals surface area (Å²) in [4.78, 5) is 10.5. The summed E-state index contributed by atoms with van der Waals surface area (Å²) in [6, 6.07) is 0. The van der Waals surface area contributed by atoms with E-state index in [-0.39, 0.29) is 11.3 Å². The van der Waals surface area contributed by atoms with Crippen LogP contribution in [0.3, 0.4) is 0 Å². The lowest BCUT2D eigenvalue weighted by atomic mass is 9.61. The third kappa shape index (κ3) is 1.32. The molecule has 0 spiro atoms. The molecule has 1 fully saturated rings. The number of rotatable bonds is 3.